The van der Waals surface area contributed by atoms with Crippen LogP contribution in [0.1, 0.15) is 32.6 Å². The molecule has 0 aromatic heterocycles. The molecule has 0 aliphatic heterocycles. The first-order chi connectivity index (χ1) is 4.83. The lowest BCUT2D eigenvalue weighted by Crippen LogP contribution is -2.10. The highest BCUT2D eigenvalue weighted by molar-refractivity contribution is 4.80. The number of hydrogen-bond acceptors (Lipinski definition) is 0. The minimum atomic E-state index is 0.654. The normalized spacial score (nSPS) is 32.9. The van der Waals surface area contributed by atoms with E-state index in [0.717, 1.165) is 5.92 Å². The van der Waals surface area contributed by atoms with Gasteiger partial charge in [0.15, 0.2) is 0 Å². The Labute approximate surface area is 63.6 Å². The highest BCUT2D eigenvalue weighted by Crippen LogP contribution is 2.28. The van der Waals surface area contributed by atoms with Crippen LogP contribution in [0.25, 0.3) is 0 Å². The average molecular weight is 135 g/mol. The molecule has 2 unspecified atom stereocenters. The molecule has 0 bridgehead atoms. The van der Waals surface area contributed by atoms with Crippen LogP contribution in [0.2, 0.25) is 0 Å². The Kier molecular flexibility index (Phi) is 2.77. The predicted octanol–water partition coefficient (Wildman–Crippen LogP) is 2.96. The molecule has 1 fully saturated rings. The molecule has 0 heteroatoms. The van der Waals surface area contributed by atoms with Crippen molar-refractivity contribution in [1.29, 1.82) is 0 Å². The zero-order chi connectivity index (χ0) is 7.40. The van der Waals surface area contributed by atoms with E-state index in [1.165, 1.54) is 25.7 Å². The first-order valence-corrected chi connectivity index (χ1v) is 4.10. The van der Waals surface area contributed by atoms with Crippen LogP contribution in [0.4, 0.5) is 0 Å². The number of hydrogen-bond donors (Lipinski definition) is 0. The predicted molar refractivity (Wildman–Crippen MR) is 43.5 cm³/mol. The van der Waals surface area contributed by atoms with Gasteiger partial charge in [-0.1, -0.05) is 26.3 Å². The standard InChI is InChI=1S/C10H15/c1-3-5-10-7-4-6-9(2)8-10/h9-10H,1,4,6-8H2,2H3. The van der Waals surface area contributed by atoms with Gasteiger partial charge in [-0.25, -0.2) is 0 Å². The molecule has 1 aliphatic carbocycles. The molecule has 0 spiro atoms. The lowest BCUT2D eigenvalue weighted by atomic mass is 9.82. The second-order valence-electron chi connectivity index (χ2n) is 3.29. The van der Waals surface area contributed by atoms with Gasteiger partial charge in [-0.2, -0.15) is 0 Å². The molecule has 55 valence electrons. The minimum absolute atomic E-state index is 0.654. The van der Waals surface area contributed by atoms with Gasteiger partial charge < -0.3 is 0 Å². The lowest BCUT2D eigenvalue weighted by Gasteiger charge is -2.22. The summed E-state index contributed by atoms with van der Waals surface area (Å²) in [4.78, 5) is 0. The number of allylic oxidation sites excluding steroid dienone is 1. The third-order valence-corrected chi connectivity index (χ3v) is 2.24. The van der Waals surface area contributed by atoms with Crippen molar-refractivity contribution in [2.75, 3.05) is 0 Å². The van der Waals surface area contributed by atoms with Crippen molar-refractivity contribution < 1.29 is 0 Å². The largest absolute Gasteiger partial charge is 0.124 e. The van der Waals surface area contributed by atoms with E-state index in [2.05, 4.69) is 25.3 Å². The molecule has 2 atom stereocenters. The van der Waals surface area contributed by atoms with E-state index in [1.54, 1.807) is 0 Å². The molecule has 0 amide bonds. The molecule has 0 heterocycles. The fourth-order valence-electron chi connectivity index (χ4n) is 1.71. The molecular weight excluding hydrogens is 120 g/mol. The van der Waals surface area contributed by atoms with Crippen LogP contribution >= 0.6 is 0 Å². The van der Waals surface area contributed by atoms with Gasteiger partial charge in [0.2, 0.25) is 0 Å². The molecule has 10 heavy (non-hydrogen) atoms. The summed E-state index contributed by atoms with van der Waals surface area (Å²) in [5, 5.41) is 0. The van der Waals surface area contributed by atoms with Crippen molar-refractivity contribution in [2.45, 2.75) is 32.6 Å². The molecule has 0 saturated heterocycles. The van der Waals surface area contributed by atoms with Crippen molar-refractivity contribution in [3.8, 4) is 0 Å². The lowest BCUT2D eigenvalue weighted by molar-refractivity contribution is 0.319. The summed E-state index contributed by atoms with van der Waals surface area (Å²) in [7, 11) is 0. The Balaban J connectivity index is 2.39. The number of rotatable bonds is 1. The summed E-state index contributed by atoms with van der Waals surface area (Å²) in [5.41, 5.74) is 2.76. The molecule has 0 nitrogen and oxygen atoms in total. The van der Waals surface area contributed by atoms with Crippen molar-refractivity contribution in [3.63, 3.8) is 0 Å². The monoisotopic (exact) mass is 135 g/mol. The minimum Gasteiger partial charge on any atom is -0.124 e. The highest BCUT2D eigenvalue weighted by atomic mass is 14.2. The van der Waals surface area contributed by atoms with Gasteiger partial charge in [0.25, 0.3) is 0 Å². The first kappa shape index (κ1) is 7.63. The molecule has 0 aromatic carbocycles. The fourth-order valence-corrected chi connectivity index (χ4v) is 1.71. The molecule has 1 aliphatic rings. The summed E-state index contributed by atoms with van der Waals surface area (Å²) >= 11 is 0. The van der Waals surface area contributed by atoms with E-state index in [4.69, 9.17) is 0 Å². The molecule has 1 radical (unpaired) electrons. The van der Waals surface area contributed by atoms with Gasteiger partial charge >= 0.3 is 0 Å². The van der Waals surface area contributed by atoms with E-state index in [-0.39, 0.29) is 0 Å². The zero-order valence-electron chi connectivity index (χ0n) is 6.69. The van der Waals surface area contributed by atoms with E-state index in [1.807, 2.05) is 0 Å². The van der Waals surface area contributed by atoms with Crippen LogP contribution in [0.3, 0.4) is 0 Å². The van der Waals surface area contributed by atoms with Gasteiger partial charge in [-0.3, -0.25) is 0 Å². The Bertz CT molecular complexity index is 140. The Morgan fingerprint density at radius 3 is 2.80 bits per heavy atom. The Hall–Kier alpha value is -0.480. The van der Waals surface area contributed by atoms with Gasteiger partial charge in [0.05, 0.1) is 0 Å². The van der Waals surface area contributed by atoms with Crippen molar-refractivity contribution in [2.24, 2.45) is 11.8 Å². The quantitative estimate of drug-likeness (QED) is 0.485. The molecule has 0 aromatic rings. The van der Waals surface area contributed by atoms with Gasteiger partial charge in [0.1, 0.15) is 0 Å². The van der Waals surface area contributed by atoms with Crippen LogP contribution in [-0.4, -0.2) is 0 Å². The SMILES string of the molecule is C=C=[C]C1CCCC(C)C1. The van der Waals surface area contributed by atoms with Crippen LogP contribution < -0.4 is 0 Å². The summed E-state index contributed by atoms with van der Waals surface area (Å²) in [6.45, 7) is 5.86. The average Bonchev–Trinajstić information content (AvgIpc) is 1.88. The fraction of sp³-hybridized carbons (Fsp3) is 0.700. The van der Waals surface area contributed by atoms with Crippen molar-refractivity contribution in [3.05, 3.63) is 18.4 Å². The smallest absolute Gasteiger partial charge is 0.00762 e. The Morgan fingerprint density at radius 2 is 2.20 bits per heavy atom. The van der Waals surface area contributed by atoms with Crippen LogP contribution in [0, 0.1) is 17.9 Å². The third-order valence-electron chi connectivity index (χ3n) is 2.24. The summed E-state index contributed by atoms with van der Waals surface area (Å²) in [6, 6.07) is 0. The Morgan fingerprint density at radius 1 is 1.40 bits per heavy atom. The maximum absolute atomic E-state index is 3.54. The first-order valence-electron chi connectivity index (χ1n) is 4.10. The topological polar surface area (TPSA) is 0 Å². The zero-order valence-corrected chi connectivity index (χ0v) is 6.69. The van der Waals surface area contributed by atoms with Gasteiger partial charge in [-0.05, 0) is 24.7 Å². The molecule has 1 rings (SSSR count). The van der Waals surface area contributed by atoms with Crippen molar-refractivity contribution in [1.82, 2.24) is 0 Å². The van der Waals surface area contributed by atoms with Crippen molar-refractivity contribution >= 4 is 0 Å². The van der Waals surface area contributed by atoms with Gasteiger partial charge in [-0.15, -0.1) is 5.73 Å². The van der Waals surface area contributed by atoms with E-state index in [9.17, 15) is 0 Å². The van der Waals surface area contributed by atoms with Crippen LogP contribution in [0.15, 0.2) is 12.3 Å². The molecular formula is C10H15. The maximum Gasteiger partial charge on any atom is 0.00762 e. The summed E-state index contributed by atoms with van der Waals surface area (Å²) < 4.78 is 0. The molecule has 0 N–H and O–H groups in total. The molecule has 1 saturated carbocycles. The second-order valence-corrected chi connectivity index (χ2v) is 3.29. The summed E-state index contributed by atoms with van der Waals surface area (Å²) in [5.74, 6) is 1.54. The van der Waals surface area contributed by atoms with Gasteiger partial charge in [0, 0.05) is 6.08 Å². The second kappa shape index (κ2) is 3.63. The van der Waals surface area contributed by atoms with Crippen LogP contribution in [0.5, 0.6) is 0 Å². The van der Waals surface area contributed by atoms with E-state index >= 15 is 0 Å². The summed E-state index contributed by atoms with van der Waals surface area (Å²) in [6.07, 6.45) is 8.51. The van der Waals surface area contributed by atoms with E-state index in [0.29, 0.717) is 5.92 Å². The van der Waals surface area contributed by atoms with Crippen LogP contribution in [-0.2, 0) is 0 Å². The highest BCUT2D eigenvalue weighted by Gasteiger charge is 2.16. The van der Waals surface area contributed by atoms with E-state index < -0.39 is 0 Å². The third kappa shape index (κ3) is 2.04. The maximum atomic E-state index is 3.54.